The van der Waals surface area contributed by atoms with Gasteiger partial charge in [0.25, 0.3) is 0 Å². The highest BCUT2D eigenvalue weighted by Crippen LogP contribution is 2.19. The SMILES string of the molecule is Cc1cnc(CNc2cccc(F)c2C(=O)O)cn1. The van der Waals surface area contributed by atoms with Crippen molar-refractivity contribution in [3.05, 3.63) is 53.4 Å². The number of benzene rings is 1. The minimum atomic E-state index is -1.31. The lowest BCUT2D eigenvalue weighted by atomic mass is 10.1. The standard InChI is InChI=1S/C13H12FN3O2/c1-8-5-16-9(6-15-8)7-17-11-4-2-3-10(14)12(11)13(18)19/h2-6,17H,7H2,1H3,(H,18,19). The quantitative estimate of drug-likeness (QED) is 0.882. The number of halogens is 1. The van der Waals surface area contributed by atoms with Crippen molar-refractivity contribution < 1.29 is 14.3 Å². The number of carboxylic acid groups (broad SMARTS) is 1. The second-order valence-corrected chi connectivity index (χ2v) is 3.97. The summed E-state index contributed by atoms with van der Waals surface area (Å²) in [5.74, 6) is -2.08. The molecule has 1 aromatic carbocycles. The van der Waals surface area contributed by atoms with E-state index < -0.39 is 11.8 Å². The summed E-state index contributed by atoms with van der Waals surface area (Å²) in [5, 5.41) is 11.8. The number of aromatic nitrogens is 2. The summed E-state index contributed by atoms with van der Waals surface area (Å²) in [6.07, 6.45) is 3.20. The van der Waals surface area contributed by atoms with Crippen LogP contribution in [0.4, 0.5) is 10.1 Å². The maximum atomic E-state index is 13.4. The maximum absolute atomic E-state index is 13.4. The first-order chi connectivity index (χ1) is 9.08. The van der Waals surface area contributed by atoms with Gasteiger partial charge in [0, 0.05) is 6.20 Å². The predicted octanol–water partition coefficient (Wildman–Crippen LogP) is 2.23. The number of nitrogens with one attached hydrogen (secondary N) is 1. The molecule has 0 spiro atoms. The Balaban J connectivity index is 2.18. The van der Waals surface area contributed by atoms with Crippen LogP contribution in [0.1, 0.15) is 21.7 Å². The van der Waals surface area contributed by atoms with Crippen LogP contribution >= 0.6 is 0 Å². The Morgan fingerprint density at radius 3 is 2.79 bits per heavy atom. The largest absolute Gasteiger partial charge is 0.478 e. The van der Waals surface area contributed by atoms with Gasteiger partial charge in [0.2, 0.25) is 0 Å². The third-order valence-corrected chi connectivity index (χ3v) is 2.52. The Hall–Kier alpha value is -2.50. The molecule has 0 unspecified atom stereocenters. The van der Waals surface area contributed by atoms with Crippen LogP contribution in [-0.4, -0.2) is 21.0 Å². The number of aromatic carboxylic acids is 1. The molecule has 0 fully saturated rings. The van der Waals surface area contributed by atoms with Crippen molar-refractivity contribution in [1.82, 2.24) is 9.97 Å². The molecule has 2 N–H and O–H groups in total. The Morgan fingerprint density at radius 2 is 2.16 bits per heavy atom. The molecule has 0 bridgehead atoms. The van der Waals surface area contributed by atoms with Gasteiger partial charge in [0.05, 0.1) is 29.8 Å². The number of nitrogens with zero attached hydrogens (tertiary/aromatic N) is 2. The molecule has 2 aromatic rings. The number of rotatable bonds is 4. The van der Waals surface area contributed by atoms with Crippen LogP contribution in [0.15, 0.2) is 30.6 Å². The zero-order chi connectivity index (χ0) is 13.8. The van der Waals surface area contributed by atoms with Gasteiger partial charge < -0.3 is 10.4 Å². The zero-order valence-corrected chi connectivity index (χ0v) is 10.2. The number of aryl methyl sites for hydroxylation is 1. The first-order valence-electron chi connectivity index (χ1n) is 5.61. The summed E-state index contributed by atoms with van der Waals surface area (Å²) < 4.78 is 13.4. The van der Waals surface area contributed by atoms with E-state index in [4.69, 9.17) is 5.11 Å². The number of carbonyl (C=O) groups is 1. The van der Waals surface area contributed by atoms with Crippen LogP contribution in [0, 0.1) is 12.7 Å². The van der Waals surface area contributed by atoms with Gasteiger partial charge in [0.1, 0.15) is 11.4 Å². The molecular formula is C13H12FN3O2. The van der Waals surface area contributed by atoms with Gasteiger partial charge >= 0.3 is 5.97 Å². The molecule has 0 radical (unpaired) electrons. The monoisotopic (exact) mass is 261 g/mol. The normalized spacial score (nSPS) is 10.2. The molecular weight excluding hydrogens is 249 g/mol. The lowest BCUT2D eigenvalue weighted by Crippen LogP contribution is -2.09. The fraction of sp³-hybridized carbons (Fsp3) is 0.154. The van der Waals surface area contributed by atoms with Gasteiger partial charge in [-0.15, -0.1) is 0 Å². The number of hydrogen-bond donors (Lipinski definition) is 2. The van der Waals surface area contributed by atoms with Crippen molar-refractivity contribution in [1.29, 1.82) is 0 Å². The third kappa shape index (κ3) is 3.04. The van der Waals surface area contributed by atoms with Crippen molar-refractivity contribution >= 4 is 11.7 Å². The fourth-order valence-corrected chi connectivity index (χ4v) is 1.59. The molecule has 1 aromatic heterocycles. The van der Waals surface area contributed by atoms with E-state index in [1.54, 1.807) is 12.4 Å². The highest BCUT2D eigenvalue weighted by Gasteiger charge is 2.15. The summed E-state index contributed by atoms with van der Waals surface area (Å²) in [6.45, 7) is 2.09. The van der Waals surface area contributed by atoms with Gasteiger partial charge in [0.15, 0.2) is 0 Å². The van der Waals surface area contributed by atoms with Gasteiger partial charge in [-0.25, -0.2) is 9.18 Å². The van der Waals surface area contributed by atoms with Crippen molar-refractivity contribution in [3.8, 4) is 0 Å². The molecule has 1 heterocycles. The van der Waals surface area contributed by atoms with Crippen LogP contribution in [0.3, 0.4) is 0 Å². The summed E-state index contributed by atoms with van der Waals surface area (Å²) in [5.41, 5.74) is 1.28. The number of carboxylic acids is 1. The lowest BCUT2D eigenvalue weighted by molar-refractivity contribution is 0.0693. The van der Waals surface area contributed by atoms with E-state index >= 15 is 0 Å². The van der Waals surface area contributed by atoms with E-state index in [1.807, 2.05) is 6.92 Å². The second kappa shape index (κ2) is 5.43. The van der Waals surface area contributed by atoms with Crippen molar-refractivity contribution in [2.75, 3.05) is 5.32 Å². The van der Waals surface area contributed by atoms with E-state index in [2.05, 4.69) is 15.3 Å². The predicted molar refractivity (Wildman–Crippen MR) is 67.5 cm³/mol. The third-order valence-electron chi connectivity index (χ3n) is 2.52. The minimum Gasteiger partial charge on any atom is -0.478 e. The molecule has 98 valence electrons. The summed E-state index contributed by atoms with van der Waals surface area (Å²) >= 11 is 0. The highest BCUT2D eigenvalue weighted by atomic mass is 19.1. The Bertz CT molecular complexity index is 599. The topological polar surface area (TPSA) is 75.1 Å². The van der Waals surface area contributed by atoms with Crippen LogP contribution in [-0.2, 0) is 6.54 Å². The number of anilines is 1. The van der Waals surface area contributed by atoms with Crippen LogP contribution in [0.25, 0.3) is 0 Å². The molecule has 19 heavy (non-hydrogen) atoms. The average Bonchev–Trinajstić information content (AvgIpc) is 2.37. The second-order valence-electron chi connectivity index (χ2n) is 3.97. The van der Waals surface area contributed by atoms with Gasteiger partial charge in [-0.05, 0) is 19.1 Å². The van der Waals surface area contributed by atoms with E-state index in [0.29, 0.717) is 5.69 Å². The Morgan fingerprint density at radius 1 is 1.37 bits per heavy atom. The van der Waals surface area contributed by atoms with Crippen molar-refractivity contribution in [2.24, 2.45) is 0 Å². The maximum Gasteiger partial charge on any atom is 0.340 e. The average molecular weight is 261 g/mol. The Kier molecular flexibility index (Phi) is 3.70. The molecule has 6 heteroatoms. The van der Waals surface area contributed by atoms with Crippen molar-refractivity contribution in [2.45, 2.75) is 13.5 Å². The molecule has 0 atom stereocenters. The fourth-order valence-electron chi connectivity index (χ4n) is 1.59. The minimum absolute atomic E-state index is 0.217. The lowest BCUT2D eigenvalue weighted by Gasteiger charge is -2.09. The molecule has 2 rings (SSSR count). The van der Waals surface area contributed by atoms with E-state index in [-0.39, 0.29) is 17.8 Å². The summed E-state index contributed by atoms with van der Waals surface area (Å²) in [4.78, 5) is 19.2. The van der Waals surface area contributed by atoms with Crippen LogP contribution < -0.4 is 5.32 Å². The Labute approximate surface area is 109 Å². The van der Waals surface area contributed by atoms with E-state index in [0.717, 1.165) is 11.8 Å². The molecule has 0 saturated carbocycles. The first kappa shape index (κ1) is 12.9. The van der Waals surface area contributed by atoms with Gasteiger partial charge in [-0.1, -0.05) is 6.07 Å². The van der Waals surface area contributed by atoms with Crippen molar-refractivity contribution in [3.63, 3.8) is 0 Å². The van der Waals surface area contributed by atoms with Crippen LogP contribution in [0.2, 0.25) is 0 Å². The molecule has 0 aliphatic rings. The van der Waals surface area contributed by atoms with Gasteiger partial charge in [-0.2, -0.15) is 0 Å². The number of hydrogen-bond acceptors (Lipinski definition) is 4. The summed E-state index contributed by atoms with van der Waals surface area (Å²) in [7, 11) is 0. The van der Waals surface area contributed by atoms with E-state index in [1.165, 1.54) is 12.1 Å². The molecule has 0 aliphatic heterocycles. The zero-order valence-electron chi connectivity index (χ0n) is 10.2. The van der Waals surface area contributed by atoms with E-state index in [9.17, 15) is 9.18 Å². The molecule has 0 saturated heterocycles. The first-order valence-corrected chi connectivity index (χ1v) is 5.61. The van der Waals surface area contributed by atoms with Crippen LogP contribution in [0.5, 0.6) is 0 Å². The van der Waals surface area contributed by atoms with Gasteiger partial charge in [-0.3, -0.25) is 9.97 Å². The molecule has 0 amide bonds. The molecule has 0 aliphatic carbocycles. The molecule has 5 nitrogen and oxygen atoms in total. The smallest absolute Gasteiger partial charge is 0.340 e. The summed E-state index contributed by atoms with van der Waals surface area (Å²) in [6, 6.07) is 4.07. The highest BCUT2D eigenvalue weighted by molar-refractivity contribution is 5.94.